The second-order valence-electron chi connectivity index (χ2n) is 9.84. The third-order valence-electron chi connectivity index (χ3n) is 8.47. The van der Waals surface area contributed by atoms with Crippen LogP contribution in [0.3, 0.4) is 0 Å². The van der Waals surface area contributed by atoms with Crippen molar-refractivity contribution in [3.8, 4) is 0 Å². The minimum Gasteiger partial charge on any atom is -0.301 e. The first-order chi connectivity index (χ1) is 12.5. The average Bonchev–Trinajstić information content (AvgIpc) is 2.99. The SMILES string of the molecule is CC.CCN1C[C@@]2(C)CN(S)[C@@]2(C)C1.CN1CCC2(C)CCN(S)C[C@@]12C. The van der Waals surface area contributed by atoms with Gasteiger partial charge in [-0.05, 0) is 52.2 Å². The van der Waals surface area contributed by atoms with Crippen LogP contribution in [0, 0.1) is 10.8 Å². The predicted octanol–water partition coefficient (Wildman–Crippen LogP) is 3.91. The van der Waals surface area contributed by atoms with E-state index in [4.69, 9.17) is 0 Å². The van der Waals surface area contributed by atoms with Gasteiger partial charge < -0.3 is 4.90 Å². The van der Waals surface area contributed by atoms with E-state index in [0.717, 1.165) is 19.6 Å². The highest BCUT2D eigenvalue weighted by Crippen LogP contribution is 2.53. The van der Waals surface area contributed by atoms with Crippen molar-refractivity contribution in [1.82, 2.24) is 18.4 Å². The predicted molar refractivity (Wildman–Crippen MR) is 125 cm³/mol. The van der Waals surface area contributed by atoms with E-state index in [1.165, 1.54) is 39.0 Å². The van der Waals surface area contributed by atoms with E-state index in [2.05, 4.69) is 85.7 Å². The molecule has 4 rings (SSSR count). The van der Waals surface area contributed by atoms with Crippen LogP contribution in [-0.4, -0.2) is 82.3 Å². The van der Waals surface area contributed by atoms with Crippen LogP contribution < -0.4 is 0 Å². The molecular formula is C21H44N4S2. The molecular weight excluding hydrogens is 372 g/mol. The van der Waals surface area contributed by atoms with Crippen molar-refractivity contribution >= 4 is 25.6 Å². The van der Waals surface area contributed by atoms with Crippen LogP contribution in [-0.2, 0) is 0 Å². The monoisotopic (exact) mass is 416 g/mol. The molecule has 4 heterocycles. The minimum absolute atomic E-state index is 0.326. The maximum absolute atomic E-state index is 4.49. The Hall–Kier alpha value is 0.540. The van der Waals surface area contributed by atoms with E-state index in [9.17, 15) is 0 Å². The van der Waals surface area contributed by atoms with Gasteiger partial charge >= 0.3 is 0 Å². The molecule has 4 saturated heterocycles. The Kier molecular flexibility index (Phi) is 7.36. The fraction of sp³-hybridized carbons (Fsp3) is 1.00. The number of nitrogens with zero attached hydrogens (tertiary/aromatic N) is 4. The largest absolute Gasteiger partial charge is 0.301 e. The Morgan fingerprint density at radius 3 is 1.89 bits per heavy atom. The number of fused-ring (bicyclic) bond motifs is 2. The quantitative estimate of drug-likeness (QED) is 0.629. The van der Waals surface area contributed by atoms with Crippen molar-refractivity contribution in [2.75, 3.05) is 52.9 Å². The third kappa shape index (κ3) is 3.84. The van der Waals surface area contributed by atoms with Crippen molar-refractivity contribution in [3.63, 3.8) is 0 Å². The lowest BCUT2D eigenvalue weighted by Gasteiger charge is -2.57. The van der Waals surface area contributed by atoms with Gasteiger partial charge in [0, 0.05) is 49.2 Å². The highest BCUT2D eigenvalue weighted by Gasteiger charge is 2.62. The van der Waals surface area contributed by atoms with E-state index in [-0.39, 0.29) is 0 Å². The van der Waals surface area contributed by atoms with Crippen LogP contribution >= 0.6 is 25.6 Å². The highest BCUT2D eigenvalue weighted by atomic mass is 32.1. The van der Waals surface area contributed by atoms with E-state index < -0.39 is 0 Å². The fourth-order valence-electron chi connectivity index (χ4n) is 5.50. The van der Waals surface area contributed by atoms with Crippen molar-refractivity contribution in [1.29, 1.82) is 0 Å². The smallest absolute Gasteiger partial charge is 0.0488 e. The summed E-state index contributed by atoms with van der Waals surface area (Å²) >= 11 is 8.97. The van der Waals surface area contributed by atoms with Crippen LogP contribution in [0.15, 0.2) is 0 Å². The van der Waals surface area contributed by atoms with Gasteiger partial charge in [0.1, 0.15) is 0 Å². The number of hydrogen-bond donors (Lipinski definition) is 2. The molecule has 0 radical (unpaired) electrons. The number of piperidine rings is 1. The normalized spacial score (nSPS) is 45.1. The minimum atomic E-state index is 0.326. The fourth-order valence-corrected chi connectivity index (χ4v) is 6.50. The van der Waals surface area contributed by atoms with Gasteiger partial charge in [0.25, 0.3) is 0 Å². The van der Waals surface area contributed by atoms with E-state index in [1.54, 1.807) is 0 Å². The molecule has 4 aliphatic rings. The number of likely N-dealkylation sites (N-methyl/N-ethyl adjacent to an activating group) is 2. The van der Waals surface area contributed by atoms with Gasteiger partial charge in [-0.15, -0.1) is 0 Å². The van der Waals surface area contributed by atoms with Gasteiger partial charge in [0.05, 0.1) is 0 Å². The third-order valence-corrected chi connectivity index (χ3v) is 9.40. The van der Waals surface area contributed by atoms with Crippen LogP contribution in [0.4, 0.5) is 0 Å². The zero-order valence-electron chi connectivity index (χ0n) is 19.0. The Balaban J connectivity index is 0.000000178. The van der Waals surface area contributed by atoms with E-state index >= 15 is 0 Å². The van der Waals surface area contributed by atoms with Gasteiger partial charge in [-0.3, -0.25) is 9.21 Å². The Bertz CT molecular complexity index is 520. The lowest BCUT2D eigenvalue weighted by atomic mass is 9.67. The molecule has 0 spiro atoms. The summed E-state index contributed by atoms with van der Waals surface area (Å²) in [7, 11) is 2.25. The molecule has 1 unspecified atom stereocenters. The van der Waals surface area contributed by atoms with Crippen LogP contribution in [0.1, 0.15) is 61.3 Å². The molecule has 0 aliphatic carbocycles. The summed E-state index contributed by atoms with van der Waals surface area (Å²) in [6.45, 7) is 24.0. The summed E-state index contributed by atoms with van der Waals surface area (Å²) in [5, 5.41) is 0. The number of thiol groups is 2. The highest BCUT2D eigenvalue weighted by molar-refractivity contribution is 7.77. The molecule has 0 aromatic carbocycles. The maximum Gasteiger partial charge on any atom is 0.0488 e. The van der Waals surface area contributed by atoms with Crippen LogP contribution in [0.5, 0.6) is 0 Å². The number of likely N-dealkylation sites (tertiary alicyclic amines) is 2. The topological polar surface area (TPSA) is 13.0 Å². The molecule has 4 aliphatic heterocycles. The second-order valence-corrected chi connectivity index (χ2v) is 10.9. The first-order valence-electron chi connectivity index (χ1n) is 10.8. The molecule has 160 valence electrons. The Morgan fingerprint density at radius 1 is 0.778 bits per heavy atom. The maximum atomic E-state index is 4.49. The molecule has 4 fully saturated rings. The molecule has 0 amide bonds. The lowest BCUT2D eigenvalue weighted by molar-refractivity contribution is -0.0246. The zero-order valence-corrected chi connectivity index (χ0v) is 20.8. The number of rotatable bonds is 1. The van der Waals surface area contributed by atoms with Crippen LogP contribution in [0.25, 0.3) is 0 Å². The van der Waals surface area contributed by atoms with Crippen molar-refractivity contribution in [2.45, 2.75) is 72.4 Å². The Labute approximate surface area is 180 Å². The lowest BCUT2D eigenvalue weighted by Crippen LogP contribution is -2.67. The first-order valence-corrected chi connectivity index (χ1v) is 11.6. The van der Waals surface area contributed by atoms with Gasteiger partial charge in [-0.1, -0.05) is 60.2 Å². The Morgan fingerprint density at radius 2 is 1.37 bits per heavy atom. The summed E-state index contributed by atoms with van der Waals surface area (Å²) in [6, 6.07) is 0. The molecule has 0 bridgehead atoms. The molecule has 4 nitrogen and oxygen atoms in total. The molecule has 27 heavy (non-hydrogen) atoms. The zero-order chi connectivity index (χ0) is 20.7. The summed E-state index contributed by atoms with van der Waals surface area (Å²) in [5.74, 6) is 0. The van der Waals surface area contributed by atoms with Gasteiger partial charge in [0.2, 0.25) is 0 Å². The summed E-state index contributed by atoms with van der Waals surface area (Å²) < 4.78 is 4.37. The summed E-state index contributed by atoms with van der Waals surface area (Å²) in [5.41, 5.74) is 1.67. The van der Waals surface area contributed by atoms with Gasteiger partial charge in [0.15, 0.2) is 0 Å². The van der Waals surface area contributed by atoms with Crippen LogP contribution in [0.2, 0.25) is 0 Å². The standard InChI is InChI=1S/C10H20N2S.C9H18N2S.C2H6/c1-9-4-6-11(3)10(9,2)8-12(13)7-5-9;1-4-10-5-8(2)6-11(12)9(8,3)7-10;1-2/h13H,4-8H2,1-3H3;12H,4-7H2,1-3H3;1-2H3/t9?,10-;8-,9-;/m10./s1. The second kappa shape index (κ2) is 8.35. The molecule has 0 aromatic heterocycles. The van der Waals surface area contributed by atoms with Crippen molar-refractivity contribution in [2.24, 2.45) is 10.8 Å². The van der Waals surface area contributed by atoms with Crippen molar-refractivity contribution in [3.05, 3.63) is 0 Å². The molecule has 6 heteroatoms. The van der Waals surface area contributed by atoms with Gasteiger partial charge in [-0.25, -0.2) is 4.31 Å². The van der Waals surface area contributed by atoms with E-state index in [0.29, 0.717) is 21.9 Å². The molecule has 0 saturated carbocycles. The number of hydrogen-bond acceptors (Lipinski definition) is 6. The summed E-state index contributed by atoms with van der Waals surface area (Å²) in [4.78, 5) is 5.03. The van der Waals surface area contributed by atoms with Gasteiger partial charge in [-0.2, -0.15) is 0 Å². The van der Waals surface area contributed by atoms with E-state index in [1.807, 2.05) is 13.8 Å². The average molecular weight is 417 g/mol. The molecule has 4 atom stereocenters. The molecule has 0 aromatic rings. The first kappa shape index (κ1) is 23.8. The van der Waals surface area contributed by atoms with Crippen molar-refractivity contribution < 1.29 is 0 Å². The molecule has 0 N–H and O–H groups in total. The summed E-state index contributed by atoms with van der Waals surface area (Å²) in [6.07, 6.45) is 2.64.